The van der Waals surface area contributed by atoms with Crippen molar-refractivity contribution in [2.45, 2.75) is 77.3 Å². The molecule has 0 bridgehead atoms. The van der Waals surface area contributed by atoms with E-state index in [2.05, 4.69) is 30.7 Å². The topological polar surface area (TPSA) is 23.6 Å². The van der Waals surface area contributed by atoms with Crippen LogP contribution in [0.1, 0.15) is 65.2 Å². The molecule has 1 atom stereocenters. The SMILES string of the molecule is CCC1CCCCN1C(=O)CN(C)C1CCC(C)CC1. The van der Waals surface area contributed by atoms with E-state index in [1.807, 2.05) is 0 Å². The second-order valence-electron chi connectivity index (χ2n) is 6.97. The van der Waals surface area contributed by atoms with Crippen molar-refractivity contribution in [2.75, 3.05) is 20.1 Å². The second-order valence-corrected chi connectivity index (χ2v) is 6.97. The maximum absolute atomic E-state index is 12.6. The van der Waals surface area contributed by atoms with Crippen LogP contribution in [0.3, 0.4) is 0 Å². The lowest BCUT2D eigenvalue weighted by molar-refractivity contribution is -0.136. The zero-order valence-electron chi connectivity index (χ0n) is 13.6. The molecule has 0 spiro atoms. The van der Waals surface area contributed by atoms with Crippen LogP contribution >= 0.6 is 0 Å². The normalized spacial score (nSPS) is 31.6. The first kappa shape index (κ1) is 15.8. The highest BCUT2D eigenvalue weighted by molar-refractivity contribution is 5.78. The molecule has 1 amide bonds. The summed E-state index contributed by atoms with van der Waals surface area (Å²) in [4.78, 5) is 17.0. The Morgan fingerprint density at radius 3 is 2.50 bits per heavy atom. The van der Waals surface area contributed by atoms with Gasteiger partial charge in [0.2, 0.25) is 5.91 Å². The minimum Gasteiger partial charge on any atom is -0.339 e. The molecule has 0 N–H and O–H groups in total. The molecule has 0 radical (unpaired) electrons. The van der Waals surface area contributed by atoms with Gasteiger partial charge in [0.15, 0.2) is 0 Å². The maximum atomic E-state index is 12.6. The molecule has 2 fully saturated rings. The summed E-state index contributed by atoms with van der Waals surface area (Å²) in [5, 5.41) is 0. The fraction of sp³-hybridized carbons (Fsp3) is 0.941. The van der Waals surface area contributed by atoms with E-state index >= 15 is 0 Å². The Morgan fingerprint density at radius 1 is 1.15 bits per heavy atom. The summed E-state index contributed by atoms with van der Waals surface area (Å²) in [6.07, 6.45) is 9.97. The molecule has 2 rings (SSSR count). The molecule has 0 aromatic carbocycles. The fourth-order valence-electron chi connectivity index (χ4n) is 3.87. The van der Waals surface area contributed by atoms with Crippen molar-refractivity contribution in [1.29, 1.82) is 0 Å². The highest BCUT2D eigenvalue weighted by atomic mass is 16.2. The van der Waals surface area contributed by atoms with Crippen LogP contribution < -0.4 is 0 Å². The Kier molecular flexibility index (Phi) is 5.88. The van der Waals surface area contributed by atoms with Crippen molar-refractivity contribution >= 4 is 5.91 Å². The average molecular weight is 280 g/mol. The molecule has 1 heterocycles. The molecule has 3 heteroatoms. The average Bonchev–Trinajstić information content (AvgIpc) is 2.47. The van der Waals surface area contributed by atoms with Crippen molar-refractivity contribution in [3.05, 3.63) is 0 Å². The van der Waals surface area contributed by atoms with Crippen molar-refractivity contribution in [2.24, 2.45) is 5.92 Å². The van der Waals surface area contributed by atoms with Crippen LogP contribution in [0.2, 0.25) is 0 Å². The quantitative estimate of drug-likeness (QED) is 0.789. The minimum absolute atomic E-state index is 0.359. The van der Waals surface area contributed by atoms with Crippen molar-refractivity contribution < 1.29 is 4.79 Å². The van der Waals surface area contributed by atoms with Gasteiger partial charge in [-0.3, -0.25) is 9.69 Å². The van der Waals surface area contributed by atoms with Crippen LogP contribution in [0.15, 0.2) is 0 Å². The van der Waals surface area contributed by atoms with Gasteiger partial charge in [0.05, 0.1) is 6.54 Å². The molecule has 1 aliphatic heterocycles. The van der Waals surface area contributed by atoms with E-state index < -0.39 is 0 Å². The zero-order valence-corrected chi connectivity index (χ0v) is 13.6. The number of carbonyl (C=O) groups excluding carboxylic acids is 1. The molecular weight excluding hydrogens is 248 g/mol. The molecule has 1 saturated carbocycles. The van der Waals surface area contributed by atoms with Gasteiger partial charge in [-0.25, -0.2) is 0 Å². The number of carbonyl (C=O) groups is 1. The molecule has 0 aromatic rings. The van der Waals surface area contributed by atoms with E-state index in [-0.39, 0.29) is 0 Å². The van der Waals surface area contributed by atoms with Gasteiger partial charge in [-0.05, 0) is 64.3 Å². The highest BCUT2D eigenvalue weighted by Crippen LogP contribution is 2.27. The maximum Gasteiger partial charge on any atom is 0.236 e. The summed E-state index contributed by atoms with van der Waals surface area (Å²) in [5.74, 6) is 1.24. The molecule has 0 aromatic heterocycles. The third-order valence-corrected chi connectivity index (χ3v) is 5.41. The van der Waals surface area contributed by atoms with E-state index in [0.717, 1.165) is 18.9 Å². The van der Waals surface area contributed by atoms with Gasteiger partial charge in [0, 0.05) is 18.6 Å². The lowest BCUT2D eigenvalue weighted by atomic mass is 9.87. The predicted octanol–water partition coefficient (Wildman–Crippen LogP) is 3.29. The summed E-state index contributed by atoms with van der Waals surface area (Å²) >= 11 is 0. The Hall–Kier alpha value is -0.570. The number of likely N-dealkylation sites (N-methyl/N-ethyl adjacent to an activating group) is 1. The first-order valence-corrected chi connectivity index (χ1v) is 8.61. The predicted molar refractivity (Wildman–Crippen MR) is 83.7 cm³/mol. The van der Waals surface area contributed by atoms with Gasteiger partial charge in [-0.2, -0.15) is 0 Å². The van der Waals surface area contributed by atoms with Crippen LogP contribution in [0.4, 0.5) is 0 Å². The van der Waals surface area contributed by atoms with E-state index in [1.165, 1.54) is 44.9 Å². The van der Waals surface area contributed by atoms with Gasteiger partial charge < -0.3 is 4.90 Å². The van der Waals surface area contributed by atoms with Gasteiger partial charge in [0.25, 0.3) is 0 Å². The third kappa shape index (κ3) is 3.97. The molecular formula is C17H32N2O. The minimum atomic E-state index is 0.359. The van der Waals surface area contributed by atoms with Crippen LogP contribution in [0.5, 0.6) is 0 Å². The Labute approximate surface area is 124 Å². The number of hydrogen-bond acceptors (Lipinski definition) is 2. The molecule has 1 saturated heterocycles. The Morgan fingerprint density at radius 2 is 1.85 bits per heavy atom. The number of amides is 1. The van der Waals surface area contributed by atoms with E-state index in [0.29, 0.717) is 24.5 Å². The fourth-order valence-corrected chi connectivity index (χ4v) is 3.87. The van der Waals surface area contributed by atoms with Crippen LogP contribution in [-0.2, 0) is 4.79 Å². The highest BCUT2D eigenvalue weighted by Gasteiger charge is 2.28. The molecule has 116 valence electrons. The molecule has 1 aliphatic carbocycles. The number of hydrogen-bond donors (Lipinski definition) is 0. The summed E-state index contributed by atoms with van der Waals surface area (Å²) in [5.41, 5.74) is 0. The Balaban J connectivity index is 1.83. The van der Waals surface area contributed by atoms with Crippen molar-refractivity contribution in [1.82, 2.24) is 9.80 Å². The standard InChI is InChI=1S/C17H32N2O/c1-4-15-7-5-6-12-19(15)17(20)13-18(3)16-10-8-14(2)9-11-16/h14-16H,4-13H2,1-3H3. The van der Waals surface area contributed by atoms with E-state index in [9.17, 15) is 4.79 Å². The summed E-state index contributed by atoms with van der Waals surface area (Å²) < 4.78 is 0. The second kappa shape index (κ2) is 7.44. The van der Waals surface area contributed by atoms with Gasteiger partial charge in [-0.1, -0.05) is 13.8 Å². The van der Waals surface area contributed by atoms with Crippen molar-refractivity contribution in [3.63, 3.8) is 0 Å². The summed E-state index contributed by atoms with van der Waals surface area (Å²) in [6, 6.07) is 1.12. The number of likely N-dealkylation sites (tertiary alicyclic amines) is 1. The Bertz CT molecular complexity index is 310. The summed E-state index contributed by atoms with van der Waals surface area (Å²) in [6.45, 7) is 6.16. The first-order valence-electron chi connectivity index (χ1n) is 8.61. The summed E-state index contributed by atoms with van der Waals surface area (Å²) in [7, 11) is 2.14. The largest absolute Gasteiger partial charge is 0.339 e. The molecule has 3 nitrogen and oxygen atoms in total. The number of nitrogens with zero attached hydrogens (tertiary/aromatic N) is 2. The molecule has 2 aliphatic rings. The van der Waals surface area contributed by atoms with Gasteiger partial charge >= 0.3 is 0 Å². The monoisotopic (exact) mass is 280 g/mol. The first-order chi connectivity index (χ1) is 9.61. The van der Waals surface area contributed by atoms with E-state index in [4.69, 9.17) is 0 Å². The van der Waals surface area contributed by atoms with Crippen molar-refractivity contribution in [3.8, 4) is 0 Å². The van der Waals surface area contributed by atoms with E-state index in [1.54, 1.807) is 0 Å². The van der Waals surface area contributed by atoms with Crippen LogP contribution in [0, 0.1) is 5.92 Å². The number of piperidine rings is 1. The third-order valence-electron chi connectivity index (χ3n) is 5.41. The lowest BCUT2D eigenvalue weighted by Gasteiger charge is -2.38. The zero-order chi connectivity index (χ0) is 14.5. The number of rotatable bonds is 4. The van der Waals surface area contributed by atoms with Crippen LogP contribution in [-0.4, -0.2) is 47.9 Å². The molecule has 1 unspecified atom stereocenters. The van der Waals surface area contributed by atoms with Crippen LogP contribution in [0.25, 0.3) is 0 Å². The smallest absolute Gasteiger partial charge is 0.236 e. The van der Waals surface area contributed by atoms with Gasteiger partial charge in [-0.15, -0.1) is 0 Å². The molecule has 20 heavy (non-hydrogen) atoms. The van der Waals surface area contributed by atoms with Gasteiger partial charge in [0.1, 0.15) is 0 Å². The lowest BCUT2D eigenvalue weighted by Crippen LogP contribution is -2.49.